The Bertz CT molecular complexity index is 627. The van der Waals surface area contributed by atoms with Crippen LogP contribution in [0.5, 0.6) is 5.75 Å². The van der Waals surface area contributed by atoms with Gasteiger partial charge in [-0.3, -0.25) is 14.4 Å². The first-order valence-electron chi connectivity index (χ1n) is 7.89. The van der Waals surface area contributed by atoms with Gasteiger partial charge in [-0.2, -0.15) is 0 Å². The number of ketones is 1. The van der Waals surface area contributed by atoms with Crippen molar-refractivity contribution in [2.75, 3.05) is 18.1 Å². The molecule has 23 heavy (non-hydrogen) atoms. The summed E-state index contributed by atoms with van der Waals surface area (Å²) in [7, 11) is 0. The Labute approximate surface area is 134 Å². The van der Waals surface area contributed by atoms with Crippen LogP contribution in [-0.2, 0) is 19.1 Å². The van der Waals surface area contributed by atoms with Gasteiger partial charge in [0.25, 0.3) is 5.91 Å². The predicted octanol–water partition coefficient (Wildman–Crippen LogP) is 1.86. The lowest BCUT2D eigenvalue weighted by Gasteiger charge is -2.29. The van der Waals surface area contributed by atoms with Crippen molar-refractivity contribution in [1.29, 1.82) is 0 Å². The Kier molecular flexibility index (Phi) is 4.60. The number of anilines is 1. The highest BCUT2D eigenvalue weighted by molar-refractivity contribution is 5.98. The smallest absolute Gasteiger partial charge is 0.308 e. The first-order chi connectivity index (χ1) is 11.1. The number of carbonyl (C=O) groups is 3. The molecule has 0 bridgehead atoms. The molecule has 0 spiro atoms. The molecule has 0 unspecified atom stereocenters. The molecule has 0 N–H and O–H groups in total. The fourth-order valence-electron chi connectivity index (χ4n) is 2.90. The highest BCUT2D eigenvalue weighted by Crippen LogP contribution is 2.31. The Balaban J connectivity index is 1.58. The summed E-state index contributed by atoms with van der Waals surface area (Å²) >= 11 is 0. The molecule has 2 aliphatic rings. The lowest BCUT2D eigenvalue weighted by Crippen LogP contribution is -2.40. The summed E-state index contributed by atoms with van der Waals surface area (Å²) in [6.45, 7) is 0.187. The Hall–Kier alpha value is -2.37. The number of carbonyl (C=O) groups excluding carboxylic acids is 3. The standard InChI is InChI=1S/C17H19NO5/c19-13-6-2-4-8-15(13)23-17(21)9-10-18-12-5-1-3-7-14(12)22-11-16(18)20/h1,3,5,7,15H,2,4,6,8-11H2/t15-/m0/s1. The van der Waals surface area contributed by atoms with Gasteiger partial charge in [-0.15, -0.1) is 0 Å². The maximum absolute atomic E-state index is 12.0. The molecule has 1 aromatic carbocycles. The molecule has 1 aliphatic carbocycles. The van der Waals surface area contributed by atoms with Crippen LogP contribution in [0.2, 0.25) is 0 Å². The molecule has 6 nitrogen and oxygen atoms in total. The average molecular weight is 317 g/mol. The molecular weight excluding hydrogens is 298 g/mol. The van der Waals surface area contributed by atoms with Gasteiger partial charge in [0.2, 0.25) is 0 Å². The van der Waals surface area contributed by atoms with E-state index in [0.717, 1.165) is 12.8 Å². The van der Waals surface area contributed by atoms with Crippen molar-refractivity contribution in [3.8, 4) is 5.75 Å². The molecule has 1 amide bonds. The van der Waals surface area contributed by atoms with Crippen LogP contribution in [0.25, 0.3) is 0 Å². The summed E-state index contributed by atoms with van der Waals surface area (Å²) in [4.78, 5) is 37.2. The Morgan fingerprint density at radius 1 is 1.26 bits per heavy atom. The van der Waals surface area contributed by atoms with Crippen molar-refractivity contribution < 1.29 is 23.9 Å². The number of rotatable bonds is 4. The normalized spacial score (nSPS) is 20.7. The molecule has 1 heterocycles. The van der Waals surface area contributed by atoms with Crippen molar-refractivity contribution >= 4 is 23.3 Å². The van der Waals surface area contributed by atoms with Gasteiger partial charge in [0.15, 0.2) is 18.5 Å². The van der Waals surface area contributed by atoms with Gasteiger partial charge in [0.05, 0.1) is 12.1 Å². The SMILES string of the molecule is O=C(CCN1C(=O)COc2ccccc21)O[C@H]1CCCCC1=O. The van der Waals surface area contributed by atoms with E-state index < -0.39 is 12.1 Å². The minimum absolute atomic E-state index is 0.00241. The van der Waals surface area contributed by atoms with Crippen molar-refractivity contribution in [2.24, 2.45) is 0 Å². The van der Waals surface area contributed by atoms with Gasteiger partial charge in [0, 0.05) is 13.0 Å². The zero-order valence-electron chi connectivity index (χ0n) is 12.8. The molecule has 122 valence electrons. The van der Waals surface area contributed by atoms with Crippen LogP contribution in [0.4, 0.5) is 5.69 Å². The number of esters is 1. The monoisotopic (exact) mass is 317 g/mol. The predicted molar refractivity (Wildman–Crippen MR) is 82.3 cm³/mol. The molecule has 1 aromatic rings. The molecule has 0 saturated heterocycles. The van der Waals surface area contributed by atoms with E-state index in [9.17, 15) is 14.4 Å². The summed E-state index contributed by atoms with van der Waals surface area (Å²) < 4.78 is 10.6. The third-order valence-corrected chi connectivity index (χ3v) is 4.12. The number of ether oxygens (including phenoxy) is 2. The summed E-state index contributed by atoms with van der Waals surface area (Å²) in [5.41, 5.74) is 0.658. The van der Waals surface area contributed by atoms with E-state index in [0.29, 0.717) is 24.3 Å². The number of benzene rings is 1. The first-order valence-corrected chi connectivity index (χ1v) is 7.89. The van der Waals surface area contributed by atoms with Gasteiger partial charge in [0.1, 0.15) is 5.75 Å². The number of para-hydroxylation sites is 2. The fraction of sp³-hybridized carbons (Fsp3) is 0.471. The highest BCUT2D eigenvalue weighted by atomic mass is 16.5. The molecule has 1 saturated carbocycles. The second-order valence-electron chi connectivity index (χ2n) is 5.74. The van der Waals surface area contributed by atoms with E-state index in [1.807, 2.05) is 12.1 Å². The number of hydrogen-bond donors (Lipinski definition) is 0. The zero-order chi connectivity index (χ0) is 16.2. The number of Topliss-reactive ketones (excluding diaryl/α,β-unsaturated/α-hetero) is 1. The van der Waals surface area contributed by atoms with Crippen molar-refractivity contribution in [2.45, 2.75) is 38.2 Å². The summed E-state index contributed by atoms with van der Waals surface area (Å²) in [6.07, 6.45) is 2.30. The van der Waals surface area contributed by atoms with E-state index in [2.05, 4.69) is 0 Å². The van der Waals surface area contributed by atoms with E-state index in [4.69, 9.17) is 9.47 Å². The van der Waals surface area contributed by atoms with Crippen LogP contribution >= 0.6 is 0 Å². The van der Waals surface area contributed by atoms with Gasteiger partial charge in [-0.1, -0.05) is 12.1 Å². The lowest BCUT2D eigenvalue weighted by atomic mass is 9.96. The molecule has 0 radical (unpaired) electrons. The van der Waals surface area contributed by atoms with Gasteiger partial charge in [-0.05, 0) is 31.4 Å². The van der Waals surface area contributed by atoms with Crippen LogP contribution in [-0.4, -0.2) is 36.9 Å². The first kappa shape index (κ1) is 15.5. The van der Waals surface area contributed by atoms with Crippen molar-refractivity contribution in [1.82, 2.24) is 0 Å². The molecule has 3 rings (SSSR count). The van der Waals surface area contributed by atoms with E-state index in [1.54, 1.807) is 12.1 Å². The topological polar surface area (TPSA) is 72.9 Å². The number of nitrogens with zero attached hydrogens (tertiary/aromatic N) is 1. The molecule has 0 aromatic heterocycles. The van der Waals surface area contributed by atoms with Gasteiger partial charge >= 0.3 is 5.97 Å². The van der Waals surface area contributed by atoms with Crippen LogP contribution < -0.4 is 9.64 Å². The molecule has 1 atom stereocenters. The third-order valence-electron chi connectivity index (χ3n) is 4.12. The number of hydrogen-bond acceptors (Lipinski definition) is 5. The summed E-state index contributed by atoms with van der Waals surface area (Å²) in [6, 6.07) is 7.21. The van der Waals surface area contributed by atoms with Crippen LogP contribution in [0.15, 0.2) is 24.3 Å². The Morgan fingerprint density at radius 2 is 2.09 bits per heavy atom. The quantitative estimate of drug-likeness (QED) is 0.793. The number of amides is 1. The molecule has 1 aliphatic heterocycles. The largest absolute Gasteiger partial charge is 0.482 e. The highest BCUT2D eigenvalue weighted by Gasteiger charge is 2.28. The van der Waals surface area contributed by atoms with E-state index >= 15 is 0 Å². The molecule has 6 heteroatoms. The average Bonchev–Trinajstić information content (AvgIpc) is 2.56. The van der Waals surface area contributed by atoms with Crippen molar-refractivity contribution in [3.05, 3.63) is 24.3 Å². The van der Waals surface area contributed by atoms with Gasteiger partial charge in [-0.25, -0.2) is 0 Å². The Morgan fingerprint density at radius 3 is 2.91 bits per heavy atom. The minimum atomic E-state index is -0.607. The second kappa shape index (κ2) is 6.81. The second-order valence-corrected chi connectivity index (χ2v) is 5.74. The van der Waals surface area contributed by atoms with Crippen LogP contribution in [0, 0.1) is 0 Å². The fourth-order valence-corrected chi connectivity index (χ4v) is 2.90. The van der Waals surface area contributed by atoms with Crippen molar-refractivity contribution in [3.63, 3.8) is 0 Å². The summed E-state index contributed by atoms with van der Waals surface area (Å²) in [5.74, 6) is -0.00686. The van der Waals surface area contributed by atoms with Crippen LogP contribution in [0.1, 0.15) is 32.1 Å². The molecular formula is C17H19NO5. The minimum Gasteiger partial charge on any atom is -0.482 e. The number of fused-ring (bicyclic) bond motifs is 1. The summed E-state index contributed by atoms with van der Waals surface area (Å²) in [5, 5.41) is 0. The van der Waals surface area contributed by atoms with Gasteiger partial charge < -0.3 is 14.4 Å². The molecule has 1 fully saturated rings. The lowest BCUT2D eigenvalue weighted by molar-refractivity contribution is -0.156. The van der Waals surface area contributed by atoms with Crippen LogP contribution in [0.3, 0.4) is 0 Å². The van der Waals surface area contributed by atoms with E-state index in [-0.39, 0.29) is 31.3 Å². The maximum Gasteiger partial charge on any atom is 0.308 e. The maximum atomic E-state index is 12.0. The third kappa shape index (κ3) is 3.52. The van der Waals surface area contributed by atoms with E-state index in [1.165, 1.54) is 4.90 Å². The zero-order valence-corrected chi connectivity index (χ0v) is 12.8.